The lowest BCUT2D eigenvalue weighted by molar-refractivity contribution is 0.255. The van der Waals surface area contributed by atoms with Crippen LogP contribution in [-0.2, 0) is 0 Å². The van der Waals surface area contributed by atoms with Crippen LogP contribution in [0.3, 0.4) is 0 Å². The summed E-state index contributed by atoms with van der Waals surface area (Å²) in [5.74, 6) is 0. The molecule has 0 aromatic heterocycles. The van der Waals surface area contributed by atoms with Crippen LogP contribution in [0, 0.1) is 0 Å². The van der Waals surface area contributed by atoms with E-state index in [1.54, 1.807) is 0 Å². The lowest BCUT2D eigenvalue weighted by atomic mass is 9.90. The largest absolute Gasteiger partial charge is 0.369 e. The van der Waals surface area contributed by atoms with Crippen molar-refractivity contribution in [2.45, 2.75) is 45.4 Å². The molecule has 0 radical (unpaired) electrons. The van der Waals surface area contributed by atoms with Gasteiger partial charge < -0.3 is 4.90 Å². The molecule has 1 aliphatic heterocycles. The third kappa shape index (κ3) is 6.03. The van der Waals surface area contributed by atoms with Gasteiger partial charge in [-0.1, -0.05) is 27.5 Å². The van der Waals surface area contributed by atoms with E-state index in [0.717, 1.165) is 44.0 Å². The van der Waals surface area contributed by atoms with E-state index in [4.69, 9.17) is 24.2 Å². The Bertz CT molecular complexity index is 687. The van der Waals surface area contributed by atoms with Crippen molar-refractivity contribution < 1.29 is 0 Å². The van der Waals surface area contributed by atoms with Gasteiger partial charge in [-0.3, -0.25) is 4.90 Å². The Morgan fingerprint density at radius 1 is 1.07 bits per heavy atom. The van der Waals surface area contributed by atoms with Crippen molar-refractivity contribution in [2.24, 2.45) is 0 Å². The minimum absolute atomic E-state index is 0.806. The van der Waals surface area contributed by atoms with E-state index < -0.39 is 0 Å². The van der Waals surface area contributed by atoms with Gasteiger partial charge in [-0.05, 0) is 96.8 Å². The number of allylic oxidation sites excluding steroid dienone is 4. The topological polar surface area (TPSA) is 6.48 Å². The van der Waals surface area contributed by atoms with Gasteiger partial charge in [0.15, 0.2) is 0 Å². The highest BCUT2D eigenvalue weighted by Crippen LogP contribution is 2.36. The molecular formula is C22H30BrClN2S. The SMILES string of the molecule is C/C(Br)=C(/CCCN1CCN(c2ccc(Cl)cc2)CC1)C1=C(S)CCCC1. The number of nitrogens with zero attached hydrogens (tertiary/aromatic N) is 2. The lowest BCUT2D eigenvalue weighted by Gasteiger charge is -2.36. The quantitative estimate of drug-likeness (QED) is 0.465. The van der Waals surface area contributed by atoms with Gasteiger partial charge >= 0.3 is 0 Å². The Labute approximate surface area is 183 Å². The van der Waals surface area contributed by atoms with E-state index in [1.165, 1.54) is 58.4 Å². The van der Waals surface area contributed by atoms with Gasteiger partial charge in [0, 0.05) is 36.9 Å². The van der Waals surface area contributed by atoms with Gasteiger partial charge in [0.1, 0.15) is 0 Å². The third-order valence-corrected chi connectivity index (χ3v) is 6.91. The zero-order chi connectivity index (χ0) is 19.2. The minimum Gasteiger partial charge on any atom is -0.369 e. The molecule has 27 heavy (non-hydrogen) atoms. The van der Waals surface area contributed by atoms with Crippen molar-refractivity contribution in [3.63, 3.8) is 0 Å². The van der Waals surface area contributed by atoms with Crippen molar-refractivity contribution in [3.8, 4) is 0 Å². The molecule has 5 heteroatoms. The number of anilines is 1. The molecule has 0 spiro atoms. The van der Waals surface area contributed by atoms with Crippen molar-refractivity contribution in [3.05, 3.63) is 49.8 Å². The smallest absolute Gasteiger partial charge is 0.0407 e. The van der Waals surface area contributed by atoms with Crippen LogP contribution in [-0.4, -0.2) is 37.6 Å². The van der Waals surface area contributed by atoms with E-state index in [0.29, 0.717) is 0 Å². The zero-order valence-electron chi connectivity index (χ0n) is 16.2. The summed E-state index contributed by atoms with van der Waals surface area (Å²) in [5, 5.41) is 0.806. The predicted octanol–water partition coefficient (Wildman–Crippen LogP) is 6.67. The second kappa shape index (κ2) is 10.4. The number of piperazine rings is 1. The fourth-order valence-corrected chi connectivity index (χ4v) is 5.07. The van der Waals surface area contributed by atoms with Crippen LogP contribution < -0.4 is 4.90 Å². The molecule has 0 atom stereocenters. The Balaban J connectivity index is 1.47. The average molecular weight is 470 g/mol. The van der Waals surface area contributed by atoms with Crippen molar-refractivity contribution in [1.82, 2.24) is 4.90 Å². The van der Waals surface area contributed by atoms with Gasteiger partial charge in [-0.2, -0.15) is 0 Å². The van der Waals surface area contributed by atoms with Crippen LogP contribution in [0.4, 0.5) is 5.69 Å². The normalized spacial score (nSPS) is 20.1. The van der Waals surface area contributed by atoms with E-state index in [-0.39, 0.29) is 0 Å². The number of halogens is 2. The summed E-state index contributed by atoms with van der Waals surface area (Å²) in [7, 11) is 0. The molecule has 148 valence electrons. The van der Waals surface area contributed by atoms with Crippen LogP contribution in [0.5, 0.6) is 0 Å². The van der Waals surface area contributed by atoms with Crippen molar-refractivity contribution in [2.75, 3.05) is 37.6 Å². The highest BCUT2D eigenvalue weighted by molar-refractivity contribution is 9.11. The number of thiol groups is 1. The van der Waals surface area contributed by atoms with Gasteiger partial charge in [-0.15, -0.1) is 12.6 Å². The Morgan fingerprint density at radius 3 is 2.37 bits per heavy atom. The van der Waals surface area contributed by atoms with E-state index in [1.807, 2.05) is 12.1 Å². The fraction of sp³-hybridized carbons (Fsp3) is 0.545. The molecule has 0 bridgehead atoms. The lowest BCUT2D eigenvalue weighted by Crippen LogP contribution is -2.46. The molecule has 2 nitrogen and oxygen atoms in total. The Kier molecular flexibility index (Phi) is 8.19. The summed E-state index contributed by atoms with van der Waals surface area (Å²) in [6.45, 7) is 7.81. The average Bonchev–Trinajstić information content (AvgIpc) is 2.67. The second-order valence-electron chi connectivity index (χ2n) is 7.55. The Hall–Kier alpha value is -0.420. The molecule has 1 aliphatic carbocycles. The summed E-state index contributed by atoms with van der Waals surface area (Å²) < 4.78 is 1.29. The molecule has 1 heterocycles. The zero-order valence-corrected chi connectivity index (χ0v) is 19.4. The summed E-state index contributed by atoms with van der Waals surface area (Å²) >= 11 is 14.5. The van der Waals surface area contributed by atoms with Crippen LogP contribution in [0.1, 0.15) is 45.4 Å². The monoisotopic (exact) mass is 468 g/mol. The van der Waals surface area contributed by atoms with E-state index >= 15 is 0 Å². The molecule has 1 saturated heterocycles. The molecule has 0 unspecified atom stereocenters. The molecule has 3 rings (SSSR count). The van der Waals surface area contributed by atoms with E-state index in [2.05, 4.69) is 44.8 Å². The first kappa shape index (κ1) is 21.3. The van der Waals surface area contributed by atoms with Crippen molar-refractivity contribution >= 4 is 45.8 Å². The first-order valence-corrected chi connectivity index (χ1v) is 11.7. The number of hydrogen-bond donors (Lipinski definition) is 1. The number of hydrogen-bond acceptors (Lipinski definition) is 3. The van der Waals surface area contributed by atoms with Crippen molar-refractivity contribution in [1.29, 1.82) is 0 Å². The van der Waals surface area contributed by atoms with Crippen LogP contribution >= 0.6 is 40.2 Å². The third-order valence-electron chi connectivity index (χ3n) is 5.68. The fourth-order valence-electron chi connectivity index (χ4n) is 4.11. The summed E-state index contributed by atoms with van der Waals surface area (Å²) in [4.78, 5) is 6.37. The maximum absolute atomic E-state index is 6.00. The van der Waals surface area contributed by atoms with Gasteiger partial charge in [0.2, 0.25) is 0 Å². The van der Waals surface area contributed by atoms with Crippen LogP contribution in [0.25, 0.3) is 0 Å². The molecule has 1 aromatic rings. The minimum atomic E-state index is 0.806. The highest BCUT2D eigenvalue weighted by Gasteiger charge is 2.19. The highest BCUT2D eigenvalue weighted by atomic mass is 79.9. The number of benzene rings is 1. The molecule has 0 amide bonds. The summed E-state index contributed by atoms with van der Waals surface area (Å²) in [5.41, 5.74) is 4.29. The van der Waals surface area contributed by atoms with E-state index in [9.17, 15) is 0 Å². The predicted molar refractivity (Wildman–Crippen MR) is 125 cm³/mol. The molecule has 0 N–H and O–H groups in total. The summed E-state index contributed by atoms with van der Waals surface area (Å²) in [6, 6.07) is 8.21. The standard InChI is InChI=1S/C22H30BrClN2S/c1-17(23)20(21-5-2-3-7-22(21)27)6-4-12-25-13-15-26(16-14-25)19-10-8-18(24)9-11-19/h8-11,27H,2-7,12-16H2,1H3/b20-17+. The summed E-state index contributed by atoms with van der Waals surface area (Å²) in [6.07, 6.45) is 7.29. The maximum atomic E-state index is 6.00. The number of rotatable bonds is 6. The van der Waals surface area contributed by atoms with Gasteiger partial charge in [0.25, 0.3) is 0 Å². The van der Waals surface area contributed by atoms with Crippen LogP contribution in [0.2, 0.25) is 5.02 Å². The van der Waals surface area contributed by atoms with Gasteiger partial charge in [0.05, 0.1) is 0 Å². The van der Waals surface area contributed by atoms with Crippen LogP contribution in [0.15, 0.2) is 44.8 Å². The first-order chi connectivity index (χ1) is 13.0. The molecule has 2 aliphatic rings. The second-order valence-corrected chi connectivity index (χ2v) is 9.72. The molecular weight excluding hydrogens is 440 g/mol. The maximum Gasteiger partial charge on any atom is 0.0407 e. The molecule has 0 saturated carbocycles. The Morgan fingerprint density at radius 2 is 1.74 bits per heavy atom. The van der Waals surface area contributed by atoms with Gasteiger partial charge in [-0.25, -0.2) is 0 Å². The molecule has 1 fully saturated rings. The molecule has 1 aromatic carbocycles. The first-order valence-electron chi connectivity index (χ1n) is 10.0.